The van der Waals surface area contributed by atoms with Crippen molar-refractivity contribution < 1.29 is 9.52 Å². The van der Waals surface area contributed by atoms with E-state index in [-0.39, 0.29) is 5.75 Å². The molecule has 2 aromatic carbocycles. The lowest BCUT2D eigenvalue weighted by Gasteiger charge is -2.54. The average Bonchev–Trinajstić information content (AvgIpc) is 2.92. The molecule has 2 bridgehead atoms. The summed E-state index contributed by atoms with van der Waals surface area (Å²) in [6, 6.07) is 14.9. The van der Waals surface area contributed by atoms with Gasteiger partial charge in [0.05, 0.1) is 0 Å². The summed E-state index contributed by atoms with van der Waals surface area (Å²) < 4.78 is 5.63. The molecule has 192 valence electrons. The highest BCUT2D eigenvalue weighted by atomic mass is 16.4. The normalized spacial score (nSPS) is 28.0. The Morgan fingerprint density at radius 1 is 1.08 bits per heavy atom. The first-order valence-corrected chi connectivity index (χ1v) is 14.1. The summed E-state index contributed by atoms with van der Waals surface area (Å²) >= 11 is 0. The number of nitrogens with zero attached hydrogens (tertiary/aromatic N) is 2. The van der Waals surface area contributed by atoms with Crippen molar-refractivity contribution in [2.45, 2.75) is 64.1 Å². The molecule has 1 aromatic heterocycles. The lowest BCUT2D eigenvalue weighted by molar-refractivity contribution is -0.00277. The highest BCUT2D eigenvalue weighted by molar-refractivity contribution is 5.96. The van der Waals surface area contributed by atoms with Crippen molar-refractivity contribution in [3.05, 3.63) is 75.7 Å². The van der Waals surface area contributed by atoms with Crippen molar-refractivity contribution >= 4 is 11.0 Å². The number of rotatable bonds is 3. The number of fused-ring (bicyclic) bond motifs is 7. The van der Waals surface area contributed by atoms with E-state index < -0.39 is 5.63 Å². The van der Waals surface area contributed by atoms with Crippen LogP contribution in [0.1, 0.15) is 49.7 Å². The van der Waals surface area contributed by atoms with E-state index in [1.54, 1.807) is 11.6 Å². The third kappa shape index (κ3) is 3.95. The molecule has 1 N–H and O–H groups in total. The summed E-state index contributed by atoms with van der Waals surface area (Å²) in [4.78, 5) is 17.8. The van der Waals surface area contributed by atoms with E-state index in [0.717, 1.165) is 40.6 Å². The smallest absolute Gasteiger partial charge is 0.336 e. The molecule has 4 heterocycles. The van der Waals surface area contributed by atoms with Crippen LogP contribution in [0.5, 0.6) is 5.75 Å². The van der Waals surface area contributed by atoms with E-state index in [2.05, 4.69) is 21.9 Å². The molecule has 4 unspecified atom stereocenters. The fourth-order valence-corrected chi connectivity index (χ4v) is 7.97. The number of likely N-dealkylation sites (tertiary alicyclic amines) is 1. The first-order chi connectivity index (χ1) is 18.1. The first kappa shape index (κ1) is 23.2. The van der Waals surface area contributed by atoms with Gasteiger partial charge in [0.1, 0.15) is 11.3 Å². The van der Waals surface area contributed by atoms with E-state index in [9.17, 15) is 9.90 Å². The predicted molar refractivity (Wildman–Crippen MR) is 147 cm³/mol. The standard InChI is InChI=1S/C32H36N2O3/c1-20-31(36)25(16-27-26(17-29(35)37-32(20)27)21-8-3-2-4-9-21)19-34-13-7-10-22-14-23-15-24(30(22)34)18-33-12-6-5-11-28(23)33/h2-4,8-9,14,16-17,23-24,28,30,36H,5-7,10-13,15,18-19H2,1H3. The number of benzene rings is 2. The molecule has 4 aliphatic rings. The Morgan fingerprint density at radius 2 is 1.95 bits per heavy atom. The Balaban J connectivity index is 1.27. The van der Waals surface area contributed by atoms with E-state index in [1.807, 2.05) is 37.3 Å². The maximum Gasteiger partial charge on any atom is 0.336 e. The van der Waals surface area contributed by atoms with Crippen molar-refractivity contribution in [3.8, 4) is 16.9 Å². The Kier molecular flexibility index (Phi) is 5.74. The maximum absolute atomic E-state index is 12.4. The zero-order valence-electron chi connectivity index (χ0n) is 21.7. The minimum Gasteiger partial charge on any atom is -0.507 e. The summed E-state index contributed by atoms with van der Waals surface area (Å²) in [5.74, 6) is 1.64. The third-order valence-corrected chi connectivity index (χ3v) is 9.54. The molecule has 0 amide bonds. The second kappa shape index (κ2) is 9.14. The van der Waals surface area contributed by atoms with Gasteiger partial charge in [0.2, 0.25) is 0 Å². The summed E-state index contributed by atoms with van der Waals surface area (Å²) in [6.07, 6.45) is 10.4. The molecule has 4 atom stereocenters. The van der Waals surface area contributed by atoms with Crippen LogP contribution in [0.2, 0.25) is 0 Å². The molecule has 0 spiro atoms. The molecule has 5 heteroatoms. The summed E-state index contributed by atoms with van der Waals surface area (Å²) in [6.45, 7) is 6.10. The van der Waals surface area contributed by atoms with E-state index in [4.69, 9.17) is 4.42 Å². The highest BCUT2D eigenvalue weighted by Gasteiger charge is 2.45. The molecule has 0 saturated carbocycles. The number of hydrogen-bond acceptors (Lipinski definition) is 5. The third-order valence-electron chi connectivity index (χ3n) is 9.54. The molecule has 5 nitrogen and oxygen atoms in total. The second-order valence-electron chi connectivity index (χ2n) is 11.7. The second-order valence-corrected chi connectivity index (χ2v) is 11.7. The Labute approximate surface area is 218 Å². The molecule has 3 aromatic rings. The number of phenols is 1. The number of aryl methyl sites for hydroxylation is 1. The topological polar surface area (TPSA) is 56.9 Å². The Hall–Kier alpha value is -2.89. The Bertz CT molecular complexity index is 1430. The minimum absolute atomic E-state index is 0.255. The molecule has 3 fully saturated rings. The van der Waals surface area contributed by atoms with Gasteiger partial charge in [0.25, 0.3) is 0 Å². The zero-order chi connectivity index (χ0) is 25.1. The largest absolute Gasteiger partial charge is 0.507 e. The zero-order valence-corrected chi connectivity index (χ0v) is 21.7. The van der Waals surface area contributed by atoms with Crippen LogP contribution in [-0.4, -0.2) is 46.6 Å². The maximum atomic E-state index is 12.4. The SMILES string of the molecule is Cc1c(O)c(CN2CCCC3=CC4CC(CN5CCCCC45)C32)cc2c(-c3ccccc3)cc(=O)oc12. The van der Waals surface area contributed by atoms with Crippen molar-refractivity contribution in [2.75, 3.05) is 19.6 Å². The van der Waals surface area contributed by atoms with Gasteiger partial charge in [0.15, 0.2) is 0 Å². The monoisotopic (exact) mass is 496 g/mol. The van der Waals surface area contributed by atoms with Gasteiger partial charge in [-0.15, -0.1) is 0 Å². The van der Waals surface area contributed by atoms with Gasteiger partial charge in [-0.3, -0.25) is 9.80 Å². The van der Waals surface area contributed by atoms with Gasteiger partial charge < -0.3 is 9.52 Å². The lowest BCUT2D eigenvalue weighted by Crippen LogP contribution is -2.58. The van der Waals surface area contributed by atoms with Crippen LogP contribution in [0.3, 0.4) is 0 Å². The summed E-state index contributed by atoms with van der Waals surface area (Å²) in [5, 5.41) is 12.2. The first-order valence-electron chi connectivity index (χ1n) is 14.1. The van der Waals surface area contributed by atoms with Crippen molar-refractivity contribution in [1.82, 2.24) is 9.80 Å². The van der Waals surface area contributed by atoms with Gasteiger partial charge in [-0.05, 0) is 81.1 Å². The number of hydrogen-bond donors (Lipinski definition) is 1. The molecule has 3 aliphatic heterocycles. The molecule has 1 aliphatic carbocycles. The van der Waals surface area contributed by atoms with Crippen LogP contribution >= 0.6 is 0 Å². The lowest BCUT2D eigenvalue weighted by atomic mass is 9.68. The van der Waals surface area contributed by atoms with Crippen LogP contribution in [0.25, 0.3) is 22.1 Å². The minimum atomic E-state index is -0.391. The van der Waals surface area contributed by atoms with E-state index >= 15 is 0 Å². The summed E-state index contributed by atoms with van der Waals surface area (Å²) in [5.41, 5.74) is 5.15. The molecule has 7 rings (SSSR count). The van der Waals surface area contributed by atoms with Crippen LogP contribution in [0.4, 0.5) is 0 Å². The van der Waals surface area contributed by atoms with Crippen molar-refractivity contribution in [1.29, 1.82) is 0 Å². The highest BCUT2D eigenvalue weighted by Crippen LogP contribution is 2.46. The van der Waals surface area contributed by atoms with Gasteiger partial charge in [-0.25, -0.2) is 4.79 Å². The number of aromatic hydroxyl groups is 1. The number of phenolic OH excluding ortho intramolecular Hbond substituents is 1. The quantitative estimate of drug-likeness (QED) is 0.363. The van der Waals surface area contributed by atoms with Gasteiger partial charge >= 0.3 is 5.63 Å². The molecule has 0 radical (unpaired) electrons. The molecule has 37 heavy (non-hydrogen) atoms. The fraction of sp³-hybridized carbons (Fsp3) is 0.469. The van der Waals surface area contributed by atoms with Crippen molar-refractivity contribution in [2.24, 2.45) is 11.8 Å². The van der Waals surface area contributed by atoms with E-state index in [1.165, 1.54) is 51.6 Å². The van der Waals surface area contributed by atoms with Crippen LogP contribution in [0.15, 0.2) is 63.3 Å². The van der Waals surface area contributed by atoms with Crippen molar-refractivity contribution in [3.63, 3.8) is 0 Å². The van der Waals surface area contributed by atoms with E-state index in [0.29, 0.717) is 29.7 Å². The predicted octanol–water partition coefficient (Wildman–Crippen LogP) is 5.87. The average molecular weight is 497 g/mol. The fourth-order valence-electron chi connectivity index (χ4n) is 7.97. The van der Waals surface area contributed by atoms with Gasteiger partial charge in [-0.1, -0.05) is 48.4 Å². The number of piperidine rings is 3. The molecular formula is C32H36N2O3. The summed E-state index contributed by atoms with van der Waals surface area (Å²) in [7, 11) is 0. The van der Waals surface area contributed by atoms with Crippen LogP contribution < -0.4 is 5.63 Å². The van der Waals surface area contributed by atoms with Gasteiger partial charge in [0, 0.05) is 47.8 Å². The molecule has 3 saturated heterocycles. The van der Waals surface area contributed by atoms with Crippen LogP contribution in [-0.2, 0) is 6.54 Å². The molecular weight excluding hydrogens is 460 g/mol. The van der Waals surface area contributed by atoms with Gasteiger partial charge in [-0.2, -0.15) is 0 Å². The Morgan fingerprint density at radius 3 is 2.81 bits per heavy atom. The van der Waals surface area contributed by atoms with Crippen LogP contribution in [0, 0.1) is 18.8 Å².